The minimum absolute atomic E-state index is 0.191. The van der Waals surface area contributed by atoms with Crippen molar-refractivity contribution in [2.45, 2.75) is 11.8 Å². The molecular weight excluding hydrogens is 233 g/mol. The average molecular weight is 240 g/mol. The Hall–Kier alpha value is -0.880. The van der Waals surface area contributed by atoms with Crippen LogP contribution in [0.25, 0.3) is 0 Å². The van der Waals surface area contributed by atoms with E-state index in [4.69, 9.17) is 15.4 Å². The molecule has 0 unspecified atom stereocenters. The van der Waals surface area contributed by atoms with Gasteiger partial charge in [-0.2, -0.15) is 0 Å². The Morgan fingerprint density at radius 1 is 1.64 bits per heavy atom. The molecule has 0 N–H and O–H groups in total. The van der Waals surface area contributed by atoms with Crippen molar-refractivity contribution in [1.29, 1.82) is 0 Å². The Balaban J connectivity index is 3.30. The number of nitrogens with zero attached hydrogens (tertiary/aromatic N) is 1. The zero-order valence-corrected chi connectivity index (χ0v) is 8.77. The highest BCUT2D eigenvalue weighted by atomic mass is 35.7. The molecule has 0 aliphatic heterocycles. The van der Waals surface area contributed by atoms with E-state index in [0.717, 1.165) is 12.3 Å². The third-order valence-corrected chi connectivity index (χ3v) is 2.65. The molecule has 1 aromatic rings. The summed E-state index contributed by atoms with van der Waals surface area (Å²) in [5, 5.41) is 0. The Labute approximate surface area is 85.1 Å². The van der Waals surface area contributed by atoms with Gasteiger partial charge >= 0.3 is 0 Å². The Kier molecular flexibility index (Phi) is 3.28. The van der Waals surface area contributed by atoms with Crippen molar-refractivity contribution in [2.75, 3.05) is 6.61 Å². The van der Waals surface area contributed by atoms with Crippen LogP contribution in [-0.4, -0.2) is 20.0 Å². The minimum atomic E-state index is -4.03. The summed E-state index contributed by atoms with van der Waals surface area (Å²) >= 11 is 0. The summed E-state index contributed by atoms with van der Waals surface area (Å²) in [6.45, 7) is 1.87. The number of rotatable bonds is 3. The second-order valence-electron chi connectivity index (χ2n) is 2.33. The number of pyridine rings is 1. The lowest BCUT2D eigenvalue weighted by molar-refractivity contribution is 0.316. The van der Waals surface area contributed by atoms with Gasteiger partial charge in [0, 0.05) is 16.7 Å². The highest BCUT2D eigenvalue weighted by Crippen LogP contribution is 2.24. The van der Waals surface area contributed by atoms with Crippen molar-refractivity contribution in [1.82, 2.24) is 4.98 Å². The fourth-order valence-electron chi connectivity index (χ4n) is 0.828. The molecular formula is C7H7ClFNO3S. The van der Waals surface area contributed by atoms with Gasteiger partial charge in [-0.15, -0.1) is 0 Å². The van der Waals surface area contributed by atoms with Crippen LogP contribution in [0.5, 0.6) is 5.88 Å². The number of ether oxygens (including phenoxy) is 1. The summed E-state index contributed by atoms with van der Waals surface area (Å²) in [6, 6.07) is 0.764. The molecule has 0 aliphatic rings. The summed E-state index contributed by atoms with van der Waals surface area (Å²) in [5.41, 5.74) is 0. The Morgan fingerprint density at radius 3 is 2.79 bits per heavy atom. The molecule has 7 heteroatoms. The first kappa shape index (κ1) is 11.2. The van der Waals surface area contributed by atoms with Gasteiger partial charge in [-0.05, 0) is 6.92 Å². The molecule has 1 rings (SSSR count). The van der Waals surface area contributed by atoms with Gasteiger partial charge in [-0.3, -0.25) is 0 Å². The molecule has 1 aromatic heterocycles. The topological polar surface area (TPSA) is 56.3 Å². The van der Waals surface area contributed by atoms with Crippen LogP contribution in [0, 0.1) is 5.82 Å². The first-order valence-electron chi connectivity index (χ1n) is 3.68. The van der Waals surface area contributed by atoms with Crippen LogP contribution in [0.2, 0.25) is 0 Å². The summed E-state index contributed by atoms with van der Waals surface area (Å²) in [6.07, 6.45) is 0.858. The van der Waals surface area contributed by atoms with Gasteiger partial charge in [-0.1, -0.05) is 0 Å². The second-order valence-corrected chi connectivity index (χ2v) is 4.86. The van der Waals surface area contributed by atoms with Crippen LogP contribution in [0.15, 0.2) is 17.2 Å². The minimum Gasteiger partial charge on any atom is -0.477 e. The number of hydrogen-bond acceptors (Lipinski definition) is 4. The summed E-state index contributed by atoms with van der Waals surface area (Å²) < 4.78 is 39.5. The van der Waals surface area contributed by atoms with Gasteiger partial charge in [0.2, 0.25) is 5.88 Å². The van der Waals surface area contributed by atoms with E-state index < -0.39 is 19.8 Å². The second kappa shape index (κ2) is 4.10. The third kappa shape index (κ3) is 2.55. The molecule has 0 atom stereocenters. The van der Waals surface area contributed by atoms with E-state index in [1.807, 2.05) is 0 Å². The standard InChI is InChI=1S/C7H7ClFNO3S/c1-2-13-7-6(14(8,11)12)3-5(9)4-10-7/h3-4H,2H2,1H3. The van der Waals surface area contributed by atoms with Crippen molar-refractivity contribution in [2.24, 2.45) is 0 Å². The van der Waals surface area contributed by atoms with E-state index in [9.17, 15) is 12.8 Å². The Morgan fingerprint density at radius 2 is 2.29 bits per heavy atom. The largest absolute Gasteiger partial charge is 0.477 e. The number of aromatic nitrogens is 1. The Bertz CT molecular complexity index is 435. The molecule has 0 aliphatic carbocycles. The van der Waals surface area contributed by atoms with Gasteiger partial charge in [0.25, 0.3) is 9.05 Å². The lowest BCUT2D eigenvalue weighted by Crippen LogP contribution is -2.02. The summed E-state index contributed by atoms with van der Waals surface area (Å²) in [4.78, 5) is 3.02. The normalized spacial score (nSPS) is 11.4. The van der Waals surface area contributed by atoms with Crippen molar-refractivity contribution in [3.8, 4) is 5.88 Å². The van der Waals surface area contributed by atoms with Crippen LogP contribution >= 0.6 is 10.7 Å². The molecule has 0 bridgehead atoms. The fourth-order valence-corrected chi connectivity index (χ4v) is 1.73. The van der Waals surface area contributed by atoms with E-state index in [1.54, 1.807) is 6.92 Å². The molecule has 0 saturated heterocycles. The van der Waals surface area contributed by atoms with Crippen LogP contribution in [0.1, 0.15) is 6.92 Å². The van der Waals surface area contributed by atoms with Gasteiger partial charge in [0.05, 0.1) is 12.8 Å². The molecule has 78 valence electrons. The molecule has 0 amide bonds. The zero-order chi connectivity index (χ0) is 10.8. The molecule has 0 spiro atoms. The van der Waals surface area contributed by atoms with Crippen molar-refractivity contribution in [3.63, 3.8) is 0 Å². The molecule has 0 saturated carbocycles. The molecule has 0 radical (unpaired) electrons. The monoisotopic (exact) mass is 239 g/mol. The van der Waals surface area contributed by atoms with Crippen LogP contribution in [0.4, 0.5) is 4.39 Å². The van der Waals surface area contributed by atoms with Gasteiger partial charge in [-0.25, -0.2) is 17.8 Å². The number of hydrogen-bond donors (Lipinski definition) is 0. The quantitative estimate of drug-likeness (QED) is 0.751. The molecule has 14 heavy (non-hydrogen) atoms. The zero-order valence-electron chi connectivity index (χ0n) is 7.20. The predicted octanol–water partition coefficient (Wildman–Crippen LogP) is 1.55. The fraction of sp³-hybridized carbons (Fsp3) is 0.286. The lowest BCUT2D eigenvalue weighted by Gasteiger charge is -2.05. The maximum atomic E-state index is 12.7. The maximum Gasteiger partial charge on any atom is 0.266 e. The van der Waals surface area contributed by atoms with Crippen LogP contribution < -0.4 is 4.74 Å². The average Bonchev–Trinajstić information content (AvgIpc) is 2.07. The van der Waals surface area contributed by atoms with Gasteiger partial charge in [0.1, 0.15) is 10.7 Å². The highest BCUT2D eigenvalue weighted by Gasteiger charge is 2.19. The van der Waals surface area contributed by atoms with E-state index in [-0.39, 0.29) is 12.5 Å². The molecule has 0 aromatic carbocycles. The SMILES string of the molecule is CCOc1ncc(F)cc1S(=O)(=O)Cl. The van der Waals surface area contributed by atoms with E-state index in [1.165, 1.54) is 0 Å². The first-order chi connectivity index (χ1) is 6.45. The number of halogens is 2. The van der Waals surface area contributed by atoms with Gasteiger partial charge in [0.15, 0.2) is 0 Å². The van der Waals surface area contributed by atoms with Crippen molar-refractivity contribution in [3.05, 3.63) is 18.1 Å². The molecule has 4 nitrogen and oxygen atoms in total. The van der Waals surface area contributed by atoms with Crippen molar-refractivity contribution >= 4 is 19.7 Å². The van der Waals surface area contributed by atoms with Crippen LogP contribution in [0.3, 0.4) is 0 Å². The summed E-state index contributed by atoms with van der Waals surface area (Å²) in [7, 11) is 1.02. The van der Waals surface area contributed by atoms with Crippen LogP contribution in [-0.2, 0) is 9.05 Å². The predicted molar refractivity (Wildman–Crippen MR) is 48.4 cm³/mol. The smallest absolute Gasteiger partial charge is 0.266 e. The first-order valence-corrected chi connectivity index (χ1v) is 5.99. The van der Waals surface area contributed by atoms with Gasteiger partial charge < -0.3 is 4.74 Å². The van der Waals surface area contributed by atoms with E-state index in [0.29, 0.717) is 0 Å². The van der Waals surface area contributed by atoms with Crippen molar-refractivity contribution < 1.29 is 17.5 Å². The molecule has 0 fully saturated rings. The molecule has 1 heterocycles. The summed E-state index contributed by atoms with van der Waals surface area (Å²) in [5.74, 6) is -0.975. The highest BCUT2D eigenvalue weighted by molar-refractivity contribution is 8.13. The van der Waals surface area contributed by atoms with E-state index >= 15 is 0 Å². The van der Waals surface area contributed by atoms with E-state index in [2.05, 4.69) is 4.98 Å². The third-order valence-electron chi connectivity index (χ3n) is 1.33. The maximum absolute atomic E-state index is 12.7. The lowest BCUT2D eigenvalue weighted by atomic mass is 10.5.